The van der Waals surface area contributed by atoms with E-state index in [9.17, 15) is 0 Å². The van der Waals surface area contributed by atoms with Crippen LogP contribution in [0.5, 0.6) is 0 Å². The van der Waals surface area contributed by atoms with E-state index in [1.54, 1.807) is 0 Å². The van der Waals surface area contributed by atoms with Gasteiger partial charge < -0.3 is 18.9 Å². The molecule has 3 saturated heterocycles. The van der Waals surface area contributed by atoms with Crippen LogP contribution in [-0.4, -0.2) is 44.4 Å². The minimum Gasteiger partial charge on any atom is -0.369 e. The fourth-order valence-electron chi connectivity index (χ4n) is 3.24. The summed E-state index contributed by atoms with van der Waals surface area (Å²) in [5, 5.41) is 0. The molecule has 3 heterocycles. The first-order chi connectivity index (χ1) is 8.00. The Labute approximate surface area is 103 Å². The van der Waals surface area contributed by atoms with Gasteiger partial charge in [-0.25, -0.2) is 0 Å². The first kappa shape index (κ1) is 11.9. The van der Waals surface area contributed by atoms with Crippen molar-refractivity contribution < 1.29 is 18.9 Å². The summed E-state index contributed by atoms with van der Waals surface area (Å²) >= 11 is 0. The quantitative estimate of drug-likeness (QED) is 0.699. The summed E-state index contributed by atoms with van der Waals surface area (Å²) in [5.74, 6) is -0.135. The summed E-state index contributed by atoms with van der Waals surface area (Å²) in [6.07, 6.45) is 1.23. The molecule has 1 spiro atoms. The Balaban J connectivity index is 1.71. The average Bonchev–Trinajstić information content (AvgIpc) is 2.87. The molecule has 3 aliphatic rings. The van der Waals surface area contributed by atoms with Crippen LogP contribution in [0.4, 0.5) is 0 Å². The highest BCUT2D eigenvalue weighted by Crippen LogP contribution is 2.44. The molecule has 4 nitrogen and oxygen atoms in total. The van der Waals surface area contributed by atoms with Crippen LogP contribution in [-0.2, 0) is 18.9 Å². The Morgan fingerprint density at radius 2 is 1.82 bits per heavy atom. The van der Waals surface area contributed by atoms with Gasteiger partial charge in [0.25, 0.3) is 0 Å². The van der Waals surface area contributed by atoms with Crippen molar-refractivity contribution in [3.05, 3.63) is 0 Å². The monoisotopic (exact) mass is 242 g/mol. The molecule has 0 aromatic carbocycles. The molecule has 3 aliphatic heterocycles. The summed E-state index contributed by atoms with van der Waals surface area (Å²) < 4.78 is 23.2. The van der Waals surface area contributed by atoms with Gasteiger partial charge in [-0.15, -0.1) is 0 Å². The van der Waals surface area contributed by atoms with E-state index in [4.69, 9.17) is 18.9 Å². The van der Waals surface area contributed by atoms with E-state index in [0.29, 0.717) is 31.2 Å². The Morgan fingerprint density at radius 3 is 2.47 bits per heavy atom. The summed E-state index contributed by atoms with van der Waals surface area (Å²) in [7, 11) is 0. The number of hydrogen-bond donors (Lipinski definition) is 0. The van der Waals surface area contributed by atoms with E-state index < -0.39 is 5.79 Å². The molecule has 98 valence electrons. The van der Waals surface area contributed by atoms with Gasteiger partial charge in [0.2, 0.25) is 5.79 Å². The summed E-state index contributed by atoms with van der Waals surface area (Å²) in [6.45, 7) is 9.36. The van der Waals surface area contributed by atoms with Crippen LogP contribution in [0.15, 0.2) is 0 Å². The lowest BCUT2D eigenvalue weighted by molar-refractivity contribution is -0.206. The second kappa shape index (κ2) is 3.92. The van der Waals surface area contributed by atoms with Crippen LogP contribution in [0.3, 0.4) is 0 Å². The fraction of sp³-hybridized carbons (Fsp3) is 1.00. The molecule has 3 unspecified atom stereocenters. The van der Waals surface area contributed by atoms with Crippen molar-refractivity contribution in [3.63, 3.8) is 0 Å². The van der Waals surface area contributed by atoms with Gasteiger partial charge in [0.15, 0.2) is 0 Å². The predicted molar refractivity (Wildman–Crippen MR) is 61.7 cm³/mol. The highest BCUT2D eigenvalue weighted by atomic mass is 16.8. The first-order valence-corrected chi connectivity index (χ1v) is 6.51. The molecule has 3 rings (SSSR count). The Hall–Kier alpha value is -0.160. The van der Waals surface area contributed by atoms with Gasteiger partial charge in [0.1, 0.15) is 12.7 Å². The van der Waals surface area contributed by atoms with Gasteiger partial charge in [-0.2, -0.15) is 0 Å². The average molecular weight is 242 g/mol. The zero-order chi connectivity index (χ0) is 12.1. The maximum atomic E-state index is 5.90. The van der Waals surface area contributed by atoms with Gasteiger partial charge in [0, 0.05) is 5.92 Å². The van der Waals surface area contributed by atoms with Crippen molar-refractivity contribution in [2.45, 2.75) is 45.2 Å². The van der Waals surface area contributed by atoms with Gasteiger partial charge in [-0.05, 0) is 11.8 Å². The topological polar surface area (TPSA) is 36.9 Å². The minimum atomic E-state index is -0.600. The summed E-state index contributed by atoms with van der Waals surface area (Å²) in [6, 6.07) is 0. The Kier molecular flexibility index (Phi) is 2.74. The predicted octanol–water partition coefficient (Wildman–Crippen LogP) is 1.58. The first-order valence-electron chi connectivity index (χ1n) is 6.51. The van der Waals surface area contributed by atoms with E-state index in [-0.39, 0.29) is 12.2 Å². The van der Waals surface area contributed by atoms with Gasteiger partial charge in [-0.1, -0.05) is 20.8 Å². The van der Waals surface area contributed by atoms with Gasteiger partial charge in [0.05, 0.1) is 25.9 Å². The van der Waals surface area contributed by atoms with E-state index in [1.807, 2.05) is 0 Å². The van der Waals surface area contributed by atoms with Gasteiger partial charge >= 0.3 is 0 Å². The SMILES string of the molecule is CC(C)(C)CC1COC2C1OCC21OCCO1. The van der Waals surface area contributed by atoms with Gasteiger partial charge in [-0.3, -0.25) is 0 Å². The number of hydrogen-bond acceptors (Lipinski definition) is 4. The van der Waals surface area contributed by atoms with E-state index in [2.05, 4.69) is 20.8 Å². The van der Waals surface area contributed by atoms with Crippen molar-refractivity contribution in [3.8, 4) is 0 Å². The molecule has 3 atom stereocenters. The Morgan fingerprint density at radius 1 is 1.12 bits per heavy atom. The second-order valence-corrected chi connectivity index (χ2v) is 6.56. The lowest BCUT2D eigenvalue weighted by Crippen LogP contribution is -2.44. The van der Waals surface area contributed by atoms with Crippen LogP contribution >= 0.6 is 0 Å². The van der Waals surface area contributed by atoms with Crippen LogP contribution in [0, 0.1) is 11.3 Å². The maximum absolute atomic E-state index is 5.90. The van der Waals surface area contributed by atoms with Crippen molar-refractivity contribution in [1.82, 2.24) is 0 Å². The maximum Gasteiger partial charge on any atom is 0.221 e. The second-order valence-electron chi connectivity index (χ2n) is 6.56. The molecular formula is C13H22O4. The zero-order valence-electron chi connectivity index (χ0n) is 10.9. The minimum absolute atomic E-state index is 0.0302. The molecule has 4 heteroatoms. The van der Waals surface area contributed by atoms with Crippen molar-refractivity contribution >= 4 is 0 Å². The fourth-order valence-corrected chi connectivity index (χ4v) is 3.24. The number of ether oxygens (including phenoxy) is 4. The molecule has 0 aromatic heterocycles. The molecular weight excluding hydrogens is 220 g/mol. The third-order valence-electron chi connectivity index (χ3n) is 3.81. The van der Waals surface area contributed by atoms with Crippen LogP contribution < -0.4 is 0 Å². The van der Waals surface area contributed by atoms with Crippen LogP contribution in [0.1, 0.15) is 27.2 Å². The lowest BCUT2D eigenvalue weighted by atomic mass is 9.82. The molecule has 0 amide bonds. The smallest absolute Gasteiger partial charge is 0.221 e. The van der Waals surface area contributed by atoms with Crippen molar-refractivity contribution in [2.24, 2.45) is 11.3 Å². The zero-order valence-corrected chi connectivity index (χ0v) is 10.9. The molecule has 0 bridgehead atoms. The largest absolute Gasteiger partial charge is 0.369 e. The van der Waals surface area contributed by atoms with Crippen LogP contribution in [0.25, 0.3) is 0 Å². The van der Waals surface area contributed by atoms with Crippen molar-refractivity contribution in [2.75, 3.05) is 26.4 Å². The standard InChI is InChI=1S/C13H22O4/c1-12(2,3)6-9-7-14-11-10(9)15-8-13(11)16-4-5-17-13/h9-11H,4-8H2,1-3H3. The molecule has 0 saturated carbocycles. The lowest BCUT2D eigenvalue weighted by Gasteiger charge is -2.26. The number of fused-ring (bicyclic) bond motifs is 2. The molecule has 0 radical (unpaired) electrons. The normalized spacial score (nSPS) is 40.1. The molecule has 3 fully saturated rings. The highest BCUT2D eigenvalue weighted by Gasteiger charge is 2.60. The van der Waals surface area contributed by atoms with E-state index in [1.165, 1.54) is 0 Å². The van der Waals surface area contributed by atoms with E-state index >= 15 is 0 Å². The third kappa shape index (κ3) is 2.01. The van der Waals surface area contributed by atoms with Crippen LogP contribution in [0.2, 0.25) is 0 Å². The number of rotatable bonds is 1. The third-order valence-corrected chi connectivity index (χ3v) is 3.81. The highest BCUT2D eigenvalue weighted by molar-refractivity contribution is 5.01. The molecule has 0 aromatic rings. The summed E-state index contributed by atoms with van der Waals surface area (Å²) in [5.41, 5.74) is 0.305. The summed E-state index contributed by atoms with van der Waals surface area (Å²) in [4.78, 5) is 0. The van der Waals surface area contributed by atoms with E-state index in [0.717, 1.165) is 13.0 Å². The molecule has 0 aliphatic carbocycles. The Bertz CT molecular complexity index is 290. The molecule has 0 N–H and O–H groups in total. The molecule has 17 heavy (non-hydrogen) atoms. The van der Waals surface area contributed by atoms with Crippen molar-refractivity contribution in [1.29, 1.82) is 0 Å².